The highest BCUT2D eigenvalue weighted by molar-refractivity contribution is 4.95. The van der Waals surface area contributed by atoms with E-state index in [1.54, 1.807) is 0 Å². The molecule has 0 amide bonds. The van der Waals surface area contributed by atoms with Gasteiger partial charge in [0.05, 0.1) is 0 Å². The molecule has 9 heavy (non-hydrogen) atoms. The topological polar surface area (TPSA) is 0 Å². The SMILES string of the molecule is [CH2]CCCC1C=CCC1. The third kappa shape index (κ3) is 2.21. The summed E-state index contributed by atoms with van der Waals surface area (Å²) >= 11 is 0. The van der Waals surface area contributed by atoms with Crippen LogP contribution in [0.25, 0.3) is 0 Å². The van der Waals surface area contributed by atoms with E-state index >= 15 is 0 Å². The van der Waals surface area contributed by atoms with Gasteiger partial charge in [-0.1, -0.05) is 31.9 Å². The van der Waals surface area contributed by atoms with E-state index in [-0.39, 0.29) is 0 Å². The minimum atomic E-state index is 0.895. The maximum Gasteiger partial charge on any atom is -0.0231 e. The van der Waals surface area contributed by atoms with E-state index in [2.05, 4.69) is 19.1 Å². The van der Waals surface area contributed by atoms with Crippen LogP contribution >= 0.6 is 0 Å². The van der Waals surface area contributed by atoms with Gasteiger partial charge in [0.15, 0.2) is 0 Å². The van der Waals surface area contributed by atoms with Crippen molar-refractivity contribution in [2.45, 2.75) is 32.1 Å². The van der Waals surface area contributed by atoms with E-state index in [1.807, 2.05) is 0 Å². The molecule has 0 N–H and O–H groups in total. The lowest BCUT2D eigenvalue weighted by molar-refractivity contribution is 0.554. The quantitative estimate of drug-likeness (QED) is 0.506. The Labute approximate surface area is 58.0 Å². The molecule has 0 saturated carbocycles. The van der Waals surface area contributed by atoms with Crippen molar-refractivity contribution in [3.63, 3.8) is 0 Å². The number of hydrogen-bond donors (Lipinski definition) is 0. The van der Waals surface area contributed by atoms with Gasteiger partial charge < -0.3 is 0 Å². The maximum atomic E-state index is 3.82. The summed E-state index contributed by atoms with van der Waals surface area (Å²) in [6, 6.07) is 0. The Hall–Kier alpha value is -0.260. The number of unbranched alkanes of at least 4 members (excludes halogenated alkanes) is 1. The van der Waals surface area contributed by atoms with Gasteiger partial charge in [0, 0.05) is 0 Å². The average molecular weight is 123 g/mol. The second kappa shape index (κ2) is 3.71. The lowest BCUT2D eigenvalue weighted by Crippen LogP contribution is -1.89. The molecular weight excluding hydrogens is 108 g/mol. The van der Waals surface area contributed by atoms with Gasteiger partial charge in [-0.2, -0.15) is 0 Å². The van der Waals surface area contributed by atoms with E-state index in [0.717, 1.165) is 12.3 Å². The fraction of sp³-hybridized carbons (Fsp3) is 0.667. The van der Waals surface area contributed by atoms with E-state index < -0.39 is 0 Å². The van der Waals surface area contributed by atoms with Crippen molar-refractivity contribution in [2.75, 3.05) is 0 Å². The molecule has 0 spiro atoms. The van der Waals surface area contributed by atoms with Gasteiger partial charge >= 0.3 is 0 Å². The molecule has 1 unspecified atom stereocenters. The van der Waals surface area contributed by atoms with Gasteiger partial charge in [-0.15, -0.1) is 0 Å². The lowest BCUT2D eigenvalue weighted by Gasteiger charge is -2.03. The van der Waals surface area contributed by atoms with Crippen molar-refractivity contribution >= 4 is 0 Å². The van der Waals surface area contributed by atoms with Crippen LogP contribution in [0.4, 0.5) is 0 Å². The van der Waals surface area contributed by atoms with Gasteiger partial charge in [-0.3, -0.25) is 0 Å². The molecule has 1 aliphatic carbocycles. The van der Waals surface area contributed by atoms with Gasteiger partial charge in [0.1, 0.15) is 0 Å². The monoisotopic (exact) mass is 123 g/mol. The summed E-state index contributed by atoms with van der Waals surface area (Å²) in [4.78, 5) is 0. The van der Waals surface area contributed by atoms with Crippen LogP contribution in [-0.2, 0) is 0 Å². The van der Waals surface area contributed by atoms with Crippen LogP contribution in [0.15, 0.2) is 12.2 Å². The van der Waals surface area contributed by atoms with Crippen LogP contribution in [0.2, 0.25) is 0 Å². The largest absolute Gasteiger partial charge is 0.0882 e. The van der Waals surface area contributed by atoms with Crippen molar-refractivity contribution in [2.24, 2.45) is 5.92 Å². The zero-order valence-electron chi connectivity index (χ0n) is 5.97. The smallest absolute Gasteiger partial charge is 0.0231 e. The minimum Gasteiger partial charge on any atom is -0.0882 e. The fourth-order valence-electron chi connectivity index (χ4n) is 1.34. The highest BCUT2D eigenvalue weighted by Crippen LogP contribution is 2.21. The van der Waals surface area contributed by atoms with Gasteiger partial charge in [-0.25, -0.2) is 0 Å². The highest BCUT2D eigenvalue weighted by Gasteiger charge is 2.06. The Bertz CT molecular complexity index is 92.2. The molecule has 1 radical (unpaired) electrons. The summed E-state index contributed by atoms with van der Waals surface area (Å²) in [5, 5.41) is 0. The van der Waals surface area contributed by atoms with Crippen LogP contribution < -0.4 is 0 Å². The molecule has 0 aromatic heterocycles. The Morgan fingerprint density at radius 3 is 3.00 bits per heavy atom. The first kappa shape index (κ1) is 6.85. The molecule has 0 nitrogen and oxygen atoms in total. The Morgan fingerprint density at radius 2 is 2.44 bits per heavy atom. The summed E-state index contributed by atoms with van der Waals surface area (Å²) in [6.07, 6.45) is 11.1. The van der Waals surface area contributed by atoms with E-state index in [0.29, 0.717) is 0 Å². The second-order valence-electron chi connectivity index (χ2n) is 2.76. The van der Waals surface area contributed by atoms with Crippen molar-refractivity contribution < 1.29 is 0 Å². The Kier molecular flexibility index (Phi) is 2.82. The summed E-state index contributed by atoms with van der Waals surface area (Å²) in [7, 11) is 0. The summed E-state index contributed by atoms with van der Waals surface area (Å²) in [6.45, 7) is 3.82. The predicted octanol–water partition coefficient (Wildman–Crippen LogP) is 2.96. The summed E-state index contributed by atoms with van der Waals surface area (Å²) in [5.74, 6) is 0.895. The fourth-order valence-corrected chi connectivity index (χ4v) is 1.34. The molecule has 0 heteroatoms. The molecule has 1 rings (SSSR count). The van der Waals surface area contributed by atoms with Crippen molar-refractivity contribution in [1.82, 2.24) is 0 Å². The highest BCUT2D eigenvalue weighted by atomic mass is 14.1. The molecule has 0 aliphatic heterocycles. The van der Waals surface area contributed by atoms with Gasteiger partial charge in [0.25, 0.3) is 0 Å². The standard InChI is InChI=1S/C9H15/c1-2-3-6-9-7-4-5-8-9/h4,7,9H,1-3,5-6,8H2. The van der Waals surface area contributed by atoms with Gasteiger partial charge in [0.2, 0.25) is 0 Å². The maximum absolute atomic E-state index is 3.82. The zero-order valence-corrected chi connectivity index (χ0v) is 5.97. The first-order valence-electron chi connectivity index (χ1n) is 3.89. The van der Waals surface area contributed by atoms with Crippen LogP contribution in [0, 0.1) is 12.8 Å². The third-order valence-electron chi connectivity index (χ3n) is 1.94. The van der Waals surface area contributed by atoms with Crippen molar-refractivity contribution in [3.8, 4) is 0 Å². The first-order chi connectivity index (χ1) is 4.43. The summed E-state index contributed by atoms with van der Waals surface area (Å²) in [5.41, 5.74) is 0. The van der Waals surface area contributed by atoms with Crippen LogP contribution in [0.3, 0.4) is 0 Å². The van der Waals surface area contributed by atoms with Gasteiger partial charge in [-0.05, 0) is 25.2 Å². The predicted molar refractivity (Wildman–Crippen MR) is 41.1 cm³/mol. The molecule has 1 atom stereocenters. The summed E-state index contributed by atoms with van der Waals surface area (Å²) < 4.78 is 0. The first-order valence-corrected chi connectivity index (χ1v) is 3.89. The second-order valence-corrected chi connectivity index (χ2v) is 2.76. The van der Waals surface area contributed by atoms with E-state index in [1.165, 1.54) is 25.7 Å². The molecule has 1 aliphatic rings. The third-order valence-corrected chi connectivity index (χ3v) is 1.94. The molecular formula is C9H15. The number of allylic oxidation sites excluding steroid dienone is 2. The minimum absolute atomic E-state index is 0.895. The Morgan fingerprint density at radius 1 is 1.56 bits per heavy atom. The molecule has 51 valence electrons. The number of rotatable bonds is 3. The normalized spacial score (nSPS) is 25.2. The molecule has 0 heterocycles. The molecule has 0 aromatic rings. The van der Waals surface area contributed by atoms with Crippen LogP contribution in [0.5, 0.6) is 0 Å². The van der Waals surface area contributed by atoms with Crippen molar-refractivity contribution in [1.29, 1.82) is 0 Å². The molecule has 0 bridgehead atoms. The molecule has 0 aromatic carbocycles. The van der Waals surface area contributed by atoms with E-state index in [4.69, 9.17) is 0 Å². The number of hydrogen-bond acceptors (Lipinski definition) is 0. The molecule has 0 saturated heterocycles. The van der Waals surface area contributed by atoms with Crippen molar-refractivity contribution in [3.05, 3.63) is 19.1 Å². The van der Waals surface area contributed by atoms with Crippen LogP contribution in [0.1, 0.15) is 32.1 Å². The molecule has 0 fully saturated rings. The van der Waals surface area contributed by atoms with E-state index in [9.17, 15) is 0 Å². The zero-order chi connectivity index (χ0) is 6.53. The van der Waals surface area contributed by atoms with Crippen LogP contribution in [-0.4, -0.2) is 0 Å². The Balaban J connectivity index is 2.05. The average Bonchev–Trinajstić information content (AvgIpc) is 2.34. The lowest BCUT2D eigenvalue weighted by atomic mass is 10.0.